The van der Waals surface area contributed by atoms with Gasteiger partial charge in [0, 0.05) is 0 Å². The van der Waals surface area contributed by atoms with E-state index in [-0.39, 0.29) is 29.2 Å². The molecular formula is C17H16O6. The molecular weight excluding hydrogens is 300 g/mol. The lowest BCUT2D eigenvalue weighted by Gasteiger charge is -2.10. The molecule has 2 aromatic carbocycles. The number of aromatic carboxylic acids is 1. The van der Waals surface area contributed by atoms with Gasteiger partial charge in [0.05, 0.1) is 19.1 Å². The summed E-state index contributed by atoms with van der Waals surface area (Å²) in [7, 11) is 1.36. The maximum atomic E-state index is 11.9. The zero-order valence-corrected chi connectivity index (χ0v) is 12.5. The standard InChI is InChI=1S/C17H16O6/c1-22-15-10-12(17(20)21)6-8-14(15)23-16(19)9-7-11-4-2-3-5-13(11)18/h2-6,8,10,18H,7,9H2,1H3,(H,20,21). The van der Waals surface area contributed by atoms with Crippen molar-refractivity contribution < 1.29 is 29.3 Å². The number of benzene rings is 2. The van der Waals surface area contributed by atoms with E-state index in [0.717, 1.165) is 0 Å². The number of carbonyl (C=O) groups is 2. The number of ether oxygens (including phenoxy) is 2. The first-order valence-electron chi connectivity index (χ1n) is 6.90. The third-order valence-corrected chi connectivity index (χ3v) is 3.22. The van der Waals surface area contributed by atoms with Gasteiger partial charge < -0.3 is 19.7 Å². The topological polar surface area (TPSA) is 93.1 Å². The van der Waals surface area contributed by atoms with E-state index in [4.69, 9.17) is 14.6 Å². The van der Waals surface area contributed by atoms with Crippen molar-refractivity contribution in [3.05, 3.63) is 53.6 Å². The van der Waals surface area contributed by atoms with Crippen LogP contribution in [0, 0.1) is 0 Å². The van der Waals surface area contributed by atoms with E-state index in [1.54, 1.807) is 24.3 Å². The van der Waals surface area contributed by atoms with E-state index in [2.05, 4.69) is 0 Å². The van der Waals surface area contributed by atoms with Crippen LogP contribution in [0.25, 0.3) is 0 Å². The van der Waals surface area contributed by atoms with Crippen LogP contribution in [0.3, 0.4) is 0 Å². The van der Waals surface area contributed by atoms with Crippen molar-refractivity contribution in [3.8, 4) is 17.2 Å². The van der Waals surface area contributed by atoms with Gasteiger partial charge in [0.2, 0.25) is 0 Å². The highest BCUT2D eigenvalue weighted by Crippen LogP contribution is 2.28. The number of methoxy groups -OCH3 is 1. The van der Waals surface area contributed by atoms with Crippen LogP contribution >= 0.6 is 0 Å². The molecule has 2 aromatic rings. The molecule has 0 bridgehead atoms. The number of esters is 1. The van der Waals surface area contributed by atoms with Crippen molar-refractivity contribution in [3.63, 3.8) is 0 Å². The Bertz CT molecular complexity index is 723. The van der Waals surface area contributed by atoms with Gasteiger partial charge in [0.25, 0.3) is 0 Å². The molecule has 120 valence electrons. The maximum Gasteiger partial charge on any atom is 0.335 e. The molecule has 0 aromatic heterocycles. The van der Waals surface area contributed by atoms with Gasteiger partial charge in [0.1, 0.15) is 5.75 Å². The Morgan fingerprint density at radius 1 is 1.09 bits per heavy atom. The van der Waals surface area contributed by atoms with Crippen molar-refractivity contribution in [2.24, 2.45) is 0 Å². The molecule has 0 atom stereocenters. The zero-order valence-electron chi connectivity index (χ0n) is 12.5. The van der Waals surface area contributed by atoms with E-state index in [1.807, 2.05) is 0 Å². The number of phenols is 1. The average Bonchev–Trinajstić information content (AvgIpc) is 2.54. The third kappa shape index (κ3) is 4.23. The van der Waals surface area contributed by atoms with Crippen molar-refractivity contribution in [2.45, 2.75) is 12.8 Å². The van der Waals surface area contributed by atoms with Crippen molar-refractivity contribution >= 4 is 11.9 Å². The van der Waals surface area contributed by atoms with Crippen LogP contribution in [0.15, 0.2) is 42.5 Å². The second-order valence-corrected chi connectivity index (χ2v) is 4.77. The fourth-order valence-electron chi connectivity index (χ4n) is 2.02. The molecule has 0 aliphatic carbocycles. The van der Waals surface area contributed by atoms with Gasteiger partial charge >= 0.3 is 11.9 Å². The summed E-state index contributed by atoms with van der Waals surface area (Å²) < 4.78 is 10.2. The Balaban J connectivity index is 2.03. The molecule has 0 fully saturated rings. The lowest BCUT2D eigenvalue weighted by molar-refractivity contribution is -0.134. The molecule has 0 unspecified atom stereocenters. The summed E-state index contributed by atoms with van der Waals surface area (Å²) in [6.07, 6.45) is 0.405. The molecule has 0 aliphatic heterocycles. The summed E-state index contributed by atoms with van der Waals surface area (Å²) in [4.78, 5) is 22.8. The minimum atomic E-state index is -1.10. The summed E-state index contributed by atoms with van der Waals surface area (Å²) >= 11 is 0. The van der Waals surface area contributed by atoms with Gasteiger partial charge in [-0.15, -0.1) is 0 Å². The number of para-hydroxylation sites is 1. The molecule has 6 nitrogen and oxygen atoms in total. The van der Waals surface area contributed by atoms with E-state index < -0.39 is 11.9 Å². The Kier molecular flexibility index (Phi) is 5.19. The van der Waals surface area contributed by atoms with Gasteiger partial charge in [0.15, 0.2) is 11.5 Å². The first-order valence-corrected chi connectivity index (χ1v) is 6.90. The van der Waals surface area contributed by atoms with Gasteiger partial charge in [-0.3, -0.25) is 4.79 Å². The molecule has 23 heavy (non-hydrogen) atoms. The second-order valence-electron chi connectivity index (χ2n) is 4.77. The van der Waals surface area contributed by atoms with Gasteiger partial charge in [-0.05, 0) is 36.2 Å². The number of hydrogen-bond acceptors (Lipinski definition) is 5. The number of rotatable bonds is 6. The van der Waals surface area contributed by atoms with E-state index in [1.165, 1.54) is 25.3 Å². The van der Waals surface area contributed by atoms with Crippen LogP contribution in [0.2, 0.25) is 0 Å². The SMILES string of the molecule is COc1cc(C(=O)O)ccc1OC(=O)CCc1ccccc1O. The number of carboxylic acid groups (broad SMARTS) is 1. The normalized spacial score (nSPS) is 10.1. The van der Waals surface area contributed by atoms with Crippen molar-refractivity contribution in [1.82, 2.24) is 0 Å². The molecule has 2 rings (SSSR count). The second kappa shape index (κ2) is 7.31. The predicted octanol–water partition coefficient (Wildman–Crippen LogP) is 2.64. The summed E-state index contributed by atoms with van der Waals surface area (Å²) in [6.45, 7) is 0. The average molecular weight is 316 g/mol. The van der Waals surface area contributed by atoms with Crippen molar-refractivity contribution in [1.29, 1.82) is 0 Å². The molecule has 0 heterocycles. The lowest BCUT2D eigenvalue weighted by Crippen LogP contribution is -2.10. The van der Waals surface area contributed by atoms with Crippen LogP contribution in [-0.2, 0) is 11.2 Å². The highest BCUT2D eigenvalue weighted by molar-refractivity contribution is 5.88. The highest BCUT2D eigenvalue weighted by Gasteiger charge is 2.14. The Labute approximate surface area is 132 Å². The van der Waals surface area contributed by atoms with E-state index in [9.17, 15) is 14.7 Å². The number of phenolic OH excluding ortho intramolecular Hbond substituents is 1. The molecule has 0 saturated heterocycles. The zero-order chi connectivity index (χ0) is 16.8. The van der Waals surface area contributed by atoms with Gasteiger partial charge in [-0.25, -0.2) is 4.79 Å². The fourth-order valence-corrected chi connectivity index (χ4v) is 2.02. The Morgan fingerprint density at radius 2 is 1.83 bits per heavy atom. The van der Waals surface area contributed by atoms with Crippen molar-refractivity contribution in [2.75, 3.05) is 7.11 Å². The number of aryl methyl sites for hydroxylation is 1. The largest absolute Gasteiger partial charge is 0.508 e. The van der Waals surface area contributed by atoms with Gasteiger partial charge in [-0.2, -0.15) is 0 Å². The summed E-state index contributed by atoms with van der Waals surface area (Å²) in [6, 6.07) is 10.7. The maximum absolute atomic E-state index is 11.9. The predicted molar refractivity (Wildman–Crippen MR) is 82.0 cm³/mol. The highest BCUT2D eigenvalue weighted by atomic mass is 16.6. The van der Waals surface area contributed by atoms with Crippen LogP contribution in [0.4, 0.5) is 0 Å². The van der Waals surface area contributed by atoms with Gasteiger partial charge in [-0.1, -0.05) is 18.2 Å². The smallest absolute Gasteiger partial charge is 0.335 e. The minimum Gasteiger partial charge on any atom is -0.508 e. The molecule has 0 saturated carbocycles. The summed E-state index contributed by atoms with van der Waals surface area (Å²) in [5.74, 6) is -1.15. The Morgan fingerprint density at radius 3 is 2.48 bits per heavy atom. The van der Waals surface area contributed by atoms with Crippen LogP contribution in [0.1, 0.15) is 22.3 Å². The molecule has 0 spiro atoms. The number of aromatic hydroxyl groups is 1. The third-order valence-electron chi connectivity index (χ3n) is 3.22. The molecule has 0 aliphatic rings. The van der Waals surface area contributed by atoms with Crippen LogP contribution in [-0.4, -0.2) is 29.3 Å². The quantitative estimate of drug-likeness (QED) is 0.628. The summed E-state index contributed by atoms with van der Waals surface area (Å²) in [5, 5.41) is 18.6. The first-order chi connectivity index (χ1) is 11.0. The lowest BCUT2D eigenvalue weighted by atomic mass is 10.1. The van der Waals surface area contributed by atoms with E-state index in [0.29, 0.717) is 12.0 Å². The van der Waals surface area contributed by atoms with Crippen LogP contribution < -0.4 is 9.47 Å². The Hall–Kier alpha value is -3.02. The minimum absolute atomic E-state index is 0.0378. The number of hydrogen-bond donors (Lipinski definition) is 2. The molecule has 2 N–H and O–H groups in total. The van der Waals surface area contributed by atoms with E-state index >= 15 is 0 Å². The monoisotopic (exact) mass is 316 g/mol. The van der Waals surface area contributed by atoms with Crippen LogP contribution in [0.5, 0.6) is 17.2 Å². The molecule has 0 amide bonds. The fraction of sp³-hybridized carbons (Fsp3) is 0.176. The number of carbonyl (C=O) groups excluding carboxylic acids is 1. The number of carboxylic acids is 1. The first kappa shape index (κ1) is 16.4. The molecule has 0 radical (unpaired) electrons. The molecule has 6 heteroatoms. The summed E-state index contributed by atoms with van der Waals surface area (Å²) in [5.41, 5.74) is 0.688.